The van der Waals surface area contributed by atoms with Gasteiger partial charge in [0.2, 0.25) is 0 Å². The average Bonchev–Trinajstić information content (AvgIpc) is 2.58. The number of carbonyl (C=O) groups is 2. The highest BCUT2D eigenvalue weighted by atomic mass is 32.1. The largest absolute Gasteiger partial charge is 0.497 e. The van der Waals surface area contributed by atoms with E-state index in [9.17, 15) is 9.59 Å². The van der Waals surface area contributed by atoms with Crippen molar-refractivity contribution in [1.29, 1.82) is 0 Å². The highest BCUT2D eigenvalue weighted by molar-refractivity contribution is 7.80. The summed E-state index contributed by atoms with van der Waals surface area (Å²) in [6.45, 7) is 4.16. The Balaban J connectivity index is 1.94. The van der Waals surface area contributed by atoms with Crippen LogP contribution in [0.25, 0.3) is 0 Å². The minimum Gasteiger partial charge on any atom is -0.497 e. The van der Waals surface area contributed by atoms with Gasteiger partial charge in [-0.2, -0.15) is 0 Å². The van der Waals surface area contributed by atoms with Crippen LogP contribution in [-0.4, -0.2) is 42.1 Å². The summed E-state index contributed by atoms with van der Waals surface area (Å²) in [5.74, 6) is 0.512. The lowest BCUT2D eigenvalue weighted by Crippen LogP contribution is -2.53. The Morgan fingerprint density at radius 1 is 1.25 bits per heavy atom. The lowest BCUT2D eigenvalue weighted by molar-refractivity contribution is -0.128. The van der Waals surface area contributed by atoms with Gasteiger partial charge in [-0.1, -0.05) is 12.2 Å². The standard InChI is InChI=1S/C17H18N2O4S/c1-3-10-19-16(21)14(15(20)18-17(19)24)5-4-11-23-13-8-6-12(22-2)7-9-13/h3,5-9H,1,4,10-11H2,2H3,(H,18,20,24)/b14-5+. The highest BCUT2D eigenvalue weighted by Gasteiger charge is 2.32. The van der Waals surface area contributed by atoms with Gasteiger partial charge in [-0.25, -0.2) is 0 Å². The zero-order valence-electron chi connectivity index (χ0n) is 13.3. The van der Waals surface area contributed by atoms with Gasteiger partial charge in [0.15, 0.2) is 5.11 Å². The van der Waals surface area contributed by atoms with Crippen LogP contribution >= 0.6 is 12.2 Å². The van der Waals surface area contributed by atoms with Crippen molar-refractivity contribution in [2.75, 3.05) is 20.3 Å². The van der Waals surface area contributed by atoms with Crippen LogP contribution in [0, 0.1) is 0 Å². The number of rotatable bonds is 7. The van der Waals surface area contributed by atoms with E-state index in [4.69, 9.17) is 21.7 Å². The number of thiocarbonyl (C=S) groups is 1. The minimum atomic E-state index is -0.491. The molecule has 0 saturated carbocycles. The molecule has 1 fully saturated rings. The van der Waals surface area contributed by atoms with Gasteiger partial charge in [-0.05, 0) is 36.5 Å². The Kier molecular flexibility index (Phi) is 6.08. The van der Waals surface area contributed by atoms with E-state index in [2.05, 4.69) is 11.9 Å². The predicted molar refractivity (Wildman–Crippen MR) is 93.8 cm³/mol. The summed E-state index contributed by atoms with van der Waals surface area (Å²) in [5.41, 5.74) is 0.0591. The molecule has 1 aromatic carbocycles. The monoisotopic (exact) mass is 346 g/mol. The average molecular weight is 346 g/mol. The molecule has 0 atom stereocenters. The number of ether oxygens (including phenoxy) is 2. The fourth-order valence-electron chi connectivity index (χ4n) is 2.09. The Hall–Kier alpha value is -2.67. The van der Waals surface area contributed by atoms with E-state index < -0.39 is 11.8 Å². The molecule has 0 aromatic heterocycles. The summed E-state index contributed by atoms with van der Waals surface area (Å²) in [6.07, 6.45) is 3.51. The molecule has 7 heteroatoms. The zero-order chi connectivity index (χ0) is 17.5. The van der Waals surface area contributed by atoms with Crippen molar-refractivity contribution in [1.82, 2.24) is 10.2 Å². The lowest BCUT2D eigenvalue weighted by atomic mass is 10.1. The molecule has 1 saturated heterocycles. The SMILES string of the molecule is C=CCN1C(=O)/C(=C/CCOc2ccc(OC)cc2)C(=O)NC1=S. The number of carbonyl (C=O) groups excluding carboxylic acids is 2. The quantitative estimate of drug-likeness (QED) is 0.268. The van der Waals surface area contributed by atoms with Gasteiger partial charge in [0.1, 0.15) is 17.1 Å². The Bertz CT molecular complexity index is 682. The van der Waals surface area contributed by atoms with Crippen molar-refractivity contribution < 1.29 is 19.1 Å². The Morgan fingerprint density at radius 2 is 1.92 bits per heavy atom. The van der Waals surface area contributed by atoms with Crippen LogP contribution in [0.15, 0.2) is 48.6 Å². The molecule has 2 amide bonds. The van der Waals surface area contributed by atoms with E-state index in [1.165, 1.54) is 4.90 Å². The van der Waals surface area contributed by atoms with Crippen molar-refractivity contribution in [2.24, 2.45) is 0 Å². The van der Waals surface area contributed by atoms with E-state index in [0.29, 0.717) is 18.8 Å². The maximum Gasteiger partial charge on any atom is 0.265 e. The molecule has 0 aliphatic carbocycles. The van der Waals surface area contributed by atoms with Gasteiger partial charge < -0.3 is 9.47 Å². The first-order valence-electron chi connectivity index (χ1n) is 7.32. The fraction of sp³-hybridized carbons (Fsp3) is 0.235. The van der Waals surface area contributed by atoms with Gasteiger partial charge in [0.05, 0.1) is 13.7 Å². The smallest absolute Gasteiger partial charge is 0.265 e. The second-order valence-electron chi connectivity index (χ2n) is 4.89. The maximum atomic E-state index is 12.3. The molecule has 1 aliphatic heterocycles. The molecule has 1 aromatic rings. The molecule has 0 spiro atoms. The molecule has 1 aliphatic rings. The number of nitrogens with one attached hydrogen (secondary N) is 1. The molecule has 1 N–H and O–H groups in total. The number of nitrogens with zero attached hydrogens (tertiary/aromatic N) is 1. The van der Waals surface area contributed by atoms with Crippen molar-refractivity contribution in [2.45, 2.75) is 6.42 Å². The molecule has 6 nitrogen and oxygen atoms in total. The number of hydrogen-bond acceptors (Lipinski definition) is 5. The van der Waals surface area contributed by atoms with Gasteiger partial charge in [-0.3, -0.25) is 19.8 Å². The second-order valence-corrected chi connectivity index (χ2v) is 5.28. The lowest BCUT2D eigenvalue weighted by Gasteiger charge is -2.27. The van der Waals surface area contributed by atoms with Crippen molar-refractivity contribution in [3.8, 4) is 11.5 Å². The van der Waals surface area contributed by atoms with Crippen molar-refractivity contribution in [3.05, 3.63) is 48.6 Å². The van der Waals surface area contributed by atoms with Crippen LogP contribution in [0.5, 0.6) is 11.5 Å². The van der Waals surface area contributed by atoms with Crippen LogP contribution in [0.3, 0.4) is 0 Å². The van der Waals surface area contributed by atoms with Gasteiger partial charge in [-0.15, -0.1) is 6.58 Å². The third kappa shape index (κ3) is 4.20. The van der Waals surface area contributed by atoms with E-state index in [0.717, 1.165) is 5.75 Å². The van der Waals surface area contributed by atoms with E-state index in [1.807, 2.05) is 0 Å². The number of benzene rings is 1. The molecule has 0 bridgehead atoms. The molecular formula is C17H18N2O4S. The summed E-state index contributed by atoms with van der Waals surface area (Å²) < 4.78 is 10.6. The first-order chi connectivity index (χ1) is 11.6. The summed E-state index contributed by atoms with van der Waals surface area (Å²) in [7, 11) is 1.59. The van der Waals surface area contributed by atoms with Gasteiger partial charge in [0, 0.05) is 13.0 Å². The number of methoxy groups -OCH3 is 1. The highest BCUT2D eigenvalue weighted by Crippen LogP contribution is 2.17. The number of hydrogen-bond donors (Lipinski definition) is 1. The second kappa shape index (κ2) is 8.26. The van der Waals surface area contributed by atoms with Crippen molar-refractivity contribution >= 4 is 29.1 Å². The van der Waals surface area contributed by atoms with Crippen LogP contribution in [-0.2, 0) is 9.59 Å². The molecular weight excluding hydrogens is 328 g/mol. The number of amides is 2. The third-order valence-electron chi connectivity index (χ3n) is 3.29. The molecule has 1 heterocycles. The summed E-state index contributed by atoms with van der Waals surface area (Å²) in [4.78, 5) is 25.5. The van der Waals surface area contributed by atoms with Gasteiger partial charge in [0.25, 0.3) is 11.8 Å². The van der Waals surface area contributed by atoms with Crippen molar-refractivity contribution in [3.63, 3.8) is 0 Å². The Labute approximate surface area is 145 Å². The molecule has 0 unspecified atom stereocenters. The van der Waals surface area contributed by atoms with E-state index in [-0.39, 0.29) is 17.2 Å². The van der Waals surface area contributed by atoms with Crippen LogP contribution < -0.4 is 14.8 Å². The van der Waals surface area contributed by atoms with Gasteiger partial charge >= 0.3 is 0 Å². The summed E-state index contributed by atoms with van der Waals surface area (Å²) in [5, 5.41) is 2.59. The summed E-state index contributed by atoms with van der Waals surface area (Å²) in [6, 6.07) is 7.16. The predicted octanol–water partition coefficient (Wildman–Crippen LogP) is 1.82. The first-order valence-corrected chi connectivity index (χ1v) is 7.72. The molecule has 0 radical (unpaired) electrons. The first kappa shape index (κ1) is 17.7. The normalized spacial score (nSPS) is 16.1. The van der Waals surface area contributed by atoms with Crippen LogP contribution in [0.4, 0.5) is 0 Å². The van der Waals surface area contributed by atoms with E-state index in [1.54, 1.807) is 43.5 Å². The fourth-order valence-corrected chi connectivity index (χ4v) is 2.34. The zero-order valence-corrected chi connectivity index (χ0v) is 14.1. The van der Waals surface area contributed by atoms with Crippen LogP contribution in [0.1, 0.15) is 6.42 Å². The molecule has 24 heavy (non-hydrogen) atoms. The third-order valence-corrected chi connectivity index (χ3v) is 3.61. The minimum absolute atomic E-state index is 0.0591. The molecule has 2 rings (SSSR count). The Morgan fingerprint density at radius 3 is 2.54 bits per heavy atom. The maximum absolute atomic E-state index is 12.3. The van der Waals surface area contributed by atoms with Crippen LogP contribution in [0.2, 0.25) is 0 Å². The molecule has 126 valence electrons. The summed E-state index contributed by atoms with van der Waals surface area (Å²) >= 11 is 4.98. The van der Waals surface area contributed by atoms with E-state index >= 15 is 0 Å². The topological polar surface area (TPSA) is 67.9 Å².